The summed E-state index contributed by atoms with van der Waals surface area (Å²) in [5.74, 6) is -2.67. The van der Waals surface area contributed by atoms with E-state index in [0.717, 1.165) is 16.5 Å². The number of amides is 1. The summed E-state index contributed by atoms with van der Waals surface area (Å²) in [5, 5.41) is 26.7. The summed E-state index contributed by atoms with van der Waals surface area (Å²) in [6.45, 7) is 4.33. The third-order valence-corrected chi connectivity index (χ3v) is 7.62. The van der Waals surface area contributed by atoms with Gasteiger partial charge in [0.25, 0.3) is 5.91 Å². The summed E-state index contributed by atoms with van der Waals surface area (Å²) in [6, 6.07) is 11.3. The van der Waals surface area contributed by atoms with E-state index in [-0.39, 0.29) is 12.2 Å². The molecular formula is C25H31FN3O9P. The van der Waals surface area contributed by atoms with E-state index < -0.39 is 69.0 Å². The quantitative estimate of drug-likeness (QED) is 0.247. The summed E-state index contributed by atoms with van der Waals surface area (Å²) in [5.41, 5.74) is 0. The molecular weight excluding hydrogens is 536 g/mol. The van der Waals surface area contributed by atoms with Gasteiger partial charge in [0.05, 0.1) is 18.8 Å². The number of rotatable bonds is 10. The number of esters is 1. The predicted molar refractivity (Wildman–Crippen MR) is 136 cm³/mol. The number of ether oxygens (including phenoxy) is 2. The average Bonchev–Trinajstić information content (AvgIpc) is 3.25. The number of aliphatic hydroxyl groups excluding tert-OH is 2. The van der Waals surface area contributed by atoms with Crippen LogP contribution in [-0.4, -0.2) is 70.5 Å². The summed E-state index contributed by atoms with van der Waals surface area (Å²) >= 11 is 0. The number of aliphatic hydroxyl groups is 2. The SMILES string of the molecule is CC(C)OC(=O)[C@H](C)NP(=O)(OC[C@H]1O[C@@H](N2C=C(F)C(=O)NC2O)CC1O)Oc1cccc2ccccc12. The number of carbonyl (C=O) groups excluding carboxylic acids is 2. The fraction of sp³-hybridized carbons (Fsp3) is 0.440. The Labute approximate surface area is 224 Å². The van der Waals surface area contributed by atoms with Gasteiger partial charge in [-0.2, -0.15) is 9.48 Å². The lowest BCUT2D eigenvalue weighted by molar-refractivity contribution is -0.149. The van der Waals surface area contributed by atoms with Gasteiger partial charge in [0.2, 0.25) is 12.2 Å². The maximum Gasteiger partial charge on any atom is 0.459 e. The molecule has 6 atom stereocenters. The molecule has 0 radical (unpaired) electrons. The van der Waals surface area contributed by atoms with Crippen LogP contribution in [0.3, 0.4) is 0 Å². The molecule has 2 heterocycles. The second-order valence-electron chi connectivity index (χ2n) is 9.40. The van der Waals surface area contributed by atoms with Crippen molar-refractivity contribution in [1.29, 1.82) is 0 Å². The Bertz CT molecular complexity index is 1290. The summed E-state index contributed by atoms with van der Waals surface area (Å²) < 4.78 is 50.1. The van der Waals surface area contributed by atoms with Crippen LogP contribution in [0.25, 0.3) is 10.8 Å². The van der Waals surface area contributed by atoms with Crippen LogP contribution in [0.4, 0.5) is 4.39 Å². The molecule has 2 aromatic rings. The Morgan fingerprint density at radius 2 is 1.95 bits per heavy atom. The minimum atomic E-state index is -4.29. The maximum atomic E-state index is 13.9. The van der Waals surface area contributed by atoms with Gasteiger partial charge in [-0.15, -0.1) is 0 Å². The third-order valence-electron chi connectivity index (χ3n) is 5.99. The molecule has 2 aliphatic rings. The second-order valence-corrected chi connectivity index (χ2v) is 11.1. The third kappa shape index (κ3) is 6.93. The zero-order valence-electron chi connectivity index (χ0n) is 21.5. The average molecular weight is 568 g/mol. The summed E-state index contributed by atoms with van der Waals surface area (Å²) in [7, 11) is -4.29. The number of hydrogen-bond acceptors (Lipinski definition) is 10. The number of carbonyl (C=O) groups is 2. The number of benzene rings is 2. The minimum Gasteiger partial charge on any atom is -0.462 e. The van der Waals surface area contributed by atoms with Gasteiger partial charge in [0, 0.05) is 18.0 Å². The summed E-state index contributed by atoms with van der Waals surface area (Å²) in [6.07, 6.45) is -4.54. The molecule has 0 aromatic heterocycles. The zero-order valence-corrected chi connectivity index (χ0v) is 22.4. The fourth-order valence-corrected chi connectivity index (χ4v) is 5.62. The molecule has 2 aliphatic heterocycles. The molecule has 1 fully saturated rings. The van der Waals surface area contributed by atoms with Gasteiger partial charge in [-0.25, -0.2) is 4.57 Å². The lowest BCUT2D eigenvalue weighted by Crippen LogP contribution is -2.53. The van der Waals surface area contributed by atoms with E-state index in [1.807, 2.05) is 23.5 Å². The lowest BCUT2D eigenvalue weighted by atomic mass is 10.1. The Morgan fingerprint density at radius 3 is 2.69 bits per heavy atom. The molecule has 1 saturated heterocycles. The molecule has 212 valence electrons. The van der Waals surface area contributed by atoms with Crippen molar-refractivity contribution in [2.75, 3.05) is 6.61 Å². The molecule has 1 amide bonds. The van der Waals surface area contributed by atoms with Crippen molar-refractivity contribution in [2.45, 2.75) is 64.1 Å². The zero-order chi connectivity index (χ0) is 28.3. The van der Waals surface area contributed by atoms with Gasteiger partial charge in [-0.05, 0) is 32.2 Å². The van der Waals surface area contributed by atoms with Crippen molar-refractivity contribution in [3.63, 3.8) is 0 Å². The number of nitrogens with one attached hydrogen (secondary N) is 2. The lowest BCUT2D eigenvalue weighted by Gasteiger charge is -2.34. The standard InChI is InChI=1S/C25H31FN3O9P/c1-14(2)36-24(32)15(3)28-39(34,38-20-10-6-8-16-7-4-5-9-17(16)20)35-13-21-19(30)11-22(37-21)29-12-18(26)23(31)27-25(29)33/h4-10,12,14-15,19,21-22,25,30,33H,11,13H2,1-3H3,(H,27,31)(H,28,34)/t15-,19?,21+,22+,25?,39?/m0/s1. The van der Waals surface area contributed by atoms with Crippen LogP contribution in [0, 0.1) is 0 Å². The first-order valence-electron chi connectivity index (χ1n) is 12.3. The number of fused-ring (bicyclic) bond motifs is 1. The normalized spacial score (nSPS) is 25.7. The molecule has 12 nitrogen and oxygen atoms in total. The molecule has 0 aliphatic carbocycles. The molecule has 14 heteroatoms. The van der Waals surface area contributed by atoms with Crippen LogP contribution in [0.5, 0.6) is 5.75 Å². The van der Waals surface area contributed by atoms with Crippen LogP contribution in [-0.2, 0) is 28.2 Å². The van der Waals surface area contributed by atoms with E-state index in [4.69, 9.17) is 18.5 Å². The topological polar surface area (TPSA) is 156 Å². The monoisotopic (exact) mass is 567 g/mol. The first kappa shape index (κ1) is 28.9. The number of halogens is 1. The van der Waals surface area contributed by atoms with Crippen molar-refractivity contribution in [3.8, 4) is 5.75 Å². The first-order valence-corrected chi connectivity index (χ1v) is 13.9. The highest BCUT2D eigenvalue weighted by molar-refractivity contribution is 7.52. The molecule has 4 N–H and O–H groups in total. The highest BCUT2D eigenvalue weighted by Crippen LogP contribution is 2.47. The molecule has 0 spiro atoms. The van der Waals surface area contributed by atoms with Gasteiger partial charge in [-0.3, -0.25) is 14.1 Å². The predicted octanol–water partition coefficient (Wildman–Crippen LogP) is 2.27. The van der Waals surface area contributed by atoms with Crippen molar-refractivity contribution in [1.82, 2.24) is 15.3 Å². The molecule has 39 heavy (non-hydrogen) atoms. The van der Waals surface area contributed by atoms with E-state index in [2.05, 4.69) is 5.09 Å². The van der Waals surface area contributed by atoms with Gasteiger partial charge in [-0.1, -0.05) is 36.4 Å². The van der Waals surface area contributed by atoms with Crippen molar-refractivity contribution >= 4 is 30.4 Å². The van der Waals surface area contributed by atoms with Gasteiger partial charge in [0.1, 0.15) is 24.1 Å². The first-order chi connectivity index (χ1) is 18.5. The number of hydrogen-bond donors (Lipinski definition) is 4. The highest BCUT2D eigenvalue weighted by Gasteiger charge is 2.43. The van der Waals surface area contributed by atoms with E-state index in [0.29, 0.717) is 5.39 Å². The van der Waals surface area contributed by atoms with Gasteiger partial charge in [0.15, 0.2) is 0 Å². The van der Waals surface area contributed by atoms with Gasteiger partial charge >= 0.3 is 13.7 Å². The Morgan fingerprint density at radius 1 is 1.23 bits per heavy atom. The second kappa shape index (κ2) is 12.0. The van der Waals surface area contributed by atoms with Crippen LogP contribution in [0.1, 0.15) is 27.2 Å². The van der Waals surface area contributed by atoms with E-state index >= 15 is 0 Å². The maximum absolute atomic E-state index is 13.9. The highest BCUT2D eigenvalue weighted by atomic mass is 31.2. The van der Waals surface area contributed by atoms with E-state index in [1.54, 1.807) is 38.1 Å². The van der Waals surface area contributed by atoms with Crippen LogP contribution < -0.4 is 14.9 Å². The smallest absolute Gasteiger partial charge is 0.459 e. The Kier molecular flexibility index (Phi) is 8.90. The van der Waals surface area contributed by atoms with Crippen LogP contribution in [0.15, 0.2) is 54.5 Å². The summed E-state index contributed by atoms with van der Waals surface area (Å²) in [4.78, 5) is 24.8. The minimum absolute atomic E-state index is 0.0796. The van der Waals surface area contributed by atoms with E-state index in [1.165, 1.54) is 6.92 Å². The van der Waals surface area contributed by atoms with Crippen molar-refractivity contribution in [3.05, 3.63) is 54.5 Å². The molecule has 3 unspecified atom stereocenters. The largest absolute Gasteiger partial charge is 0.462 e. The molecule has 0 bridgehead atoms. The Balaban J connectivity index is 1.51. The van der Waals surface area contributed by atoms with Crippen molar-refractivity contribution < 1.29 is 47.3 Å². The van der Waals surface area contributed by atoms with Crippen LogP contribution >= 0.6 is 7.75 Å². The molecule has 0 saturated carbocycles. The fourth-order valence-electron chi connectivity index (χ4n) is 4.10. The molecule has 4 rings (SSSR count). The van der Waals surface area contributed by atoms with E-state index in [9.17, 15) is 28.8 Å². The number of nitrogens with zero attached hydrogens (tertiary/aromatic N) is 1. The van der Waals surface area contributed by atoms with Gasteiger partial charge < -0.3 is 34.4 Å². The van der Waals surface area contributed by atoms with Crippen LogP contribution in [0.2, 0.25) is 0 Å². The Hall–Kier alpha value is -3.06. The molecule has 2 aromatic carbocycles. The van der Waals surface area contributed by atoms with Crippen molar-refractivity contribution in [2.24, 2.45) is 0 Å².